The molecule has 0 spiro atoms. The molecule has 1 aliphatic rings. The number of nitrogens with one attached hydrogen (secondary N) is 1. The first-order valence-electron chi connectivity index (χ1n) is 3.28. The van der Waals surface area contributed by atoms with Crippen molar-refractivity contribution in [2.24, 2.45) is 0 Å². The van der Waals surface area contributed by atoms with E-state index in [0.717, 1.165) is 0 Å². The summed E-state index contributed by atoms with van der Waals surface area (Å²) in [6, 6.07) is -0.152. The van der Waals surface area contributed by atoms with Gasteiger partial charge in [-0.2, -0.15) is 0 Å². The number of aliphatic hydroxyl groups excluding tert-OH is 1. The van der Waals surface area contributed by atoms with Crippen molar-refractivity contribution in [1.82, 2.24) is 10.2 Å². The van der Waals surface area contributed by atoms with Crippen molar-refractivity contribution >= 4 is 17.8 Å². The van der Waals surface area contributed by atoms with E-state index in [2.05, 4.69) is 5.32 Å². The molecule has 0 fully saturated rings. The third-order valence-electron chi connectivity index (χ3n) is 1.20. The fourth-order valence-electron chi connectivity index (χ4n) is 0.674. The summed E-state index contributed by atoms with van der Waals surface area (Å²) >= 11 is 1.57. The Morgan fingerprint density at radius 2 is 2.64 bits per heavy atom. The van der Waals surface area contributed by atoms with Crippen molar-refractivity contribution in [3.63, 3.8) is 0 Å². The molecular weight excluding hydrogens is 164 g/mol. The second-order valence-corrected chi connectivity index (χ2v) is 2.87. The molecule has 0 aromatic carbocycles. The van der Waals surface area contributed by atoms with E-state index in [1.165, 1.54) is 0 Å². The number of nitrogens with zero attached hydrogens (tertiary/aromatic N) is 1. The lowest BCUT2D eigenvalue weighted by Gasteiger charge is -2.12. The Balaban J connectivity index is 2.23. The van der Waals surface area contributed by atoms with Crippen LogP contribution in [0.3, 0.4) is 0 Å². The third-order valence-corrected chi connectivity index (χ3v) is 1.94. The normalized spacial score (nSPS) is 15.5. The van der Waals surface area contributed by atoms with Crippen molar-refractivity contribution in [3.8, 4) is 0 Å². The molecule has 0 radical (unpaired) electrons. The minimum atomic E-state index is -0.152. The van der Waals surface area contributed by atoms with Gasteiger partial charge in [-0.15, -0.1) is 11.8 Å². The number of hydrogen-bond acceptors (Lipinski definition) is 3. The Hall–Kier alpha value is -0.680. The van der Waals surface area contributed by atoms with Gasteiger partial charge in [0.15, 0.2) is 0 Å². The van der Waals surface area contributed by atoms with Crippen LogP contribution in [0.15, 0.2) is 11.6 Å². The SMILES string of the molecule is O=C(NCCO)N1C=CSC1. The van der Waals surface area contributed by atoms with Crippen LogP contribution in [0.4, 0.5) is 4.79 Å². The summed E-state index contributed by atoms with van der Waals surface area (Å²) in [7, 11) is 0. The van der Waals surface area contributed by atoms with E-state index in [-0.39, 0.29) is 12.6 Å². The maximum Gasteiger partial charge on any atom is 0.322 e. The highest BCUT2D eigenvalue weighted by atomic mass is 32.2. The highest BCUT2D eigenvalue weighted by Gasteiger charge is 2.11. The zero-order valence-corrected chi connectivity index (χ0v) is 6.80. The van der Waals surface area contributed by atoms with Crippen LogP contribution in [0, 0.1) is 0 Å². The number of carbonyl (C=O) groups excluding carboxylic acids is 1. The van der Waals surface area contributed by atoms with Gasteiger partial charge in [-0.3, -0.25) is 4.90 Å². The number of thioether (sulfide) groups is 1. The van der Waals surface area contributed by atoms with Gasteiger partial charge in [0, 0.05) is 12.7 Å². The highest BCUT2D eigenvalue weighted by Crippen LogP contribution is 2.14. The number of amides is 2. The number of hydrogen-bond donors (Lipinski definition) is 2. The molecule has 0 aromatic rings. The fourth-order valence-corrected chi connectivity index (χ4v) is 1.36. The van der Waals surface area contributed by atoms with Gasteiger partial charge in [0.2, 0.25) is 0 Å². The van der Waals surface area contributed by atoms with Crippen LogP contribution in [0.25, 0.3) is 0 Å². The number of rotatable bonds is 2. The molecule has 1 aliphatic heterocycles. The maximum absolute atomic E-state index is 11.0. The van der Waals surface area contributed by atoms with E-state index < -0.39 is 0 Å². The van der Waals surface area contributed by atoms with Crippen LogP contribution in [-0.4, -0.2) is 35.1 Å². The van der Waals surface area contributed by atoms with Crippen molar-refractivity contribution in [2.75, 3.05) is 19.0 Å². The van der Waals surface area contributed by atoms with Crippen LogP contribution in [0.1, 0.15) is 0 Å². The number of urea groups is 1. The van der Waals surface area contributed by atoms with Crippen LogP contribution < -0.4 is 5.32 Å². The Morgan fingerprint density at radius 1 is 1.82 bits per heavy atom. The van der Waals surface area contributed by atoms with Gasteiger partial charge in [-0.25, -0.2) is 4.79 Å². The van der Waals surface area contributed by atoms with E-state index in [1.807, 2.05) is 5.41 Å². The van der Waals surface area contributed by atoms with Crippen molar-refractivity contribution in [3.05, 3.63) is 11.6 Å². The zero-order chi connectivity index (χ0) is 8.10. The molecule has 11 heavy (non-hydrogen) atoms. The summed E-state index contributed by atoms with van der Waals surface area (Å²) < 4.78 is 0. The quantitative estimate of drug-likeness (QED) is 0.627. The third kappa shape index (κ3) is 2.44. The average Bonchev–Trinajstić information content (AvgIpc) is 2.52. The van der Waals surface area contributed by atoms with Crippen LogP contribution >= 0.6 is 11.8 Å². The Bertz CT molecular complexity index is 172. The van der Waals surface area contributed by atoms with Gasteiger partial charge in [0.05, 0.1) is 12.5 Å². The second kappa shape index (κ2) is 4.25. The first-order chi connectivity index (χ1) is 5.34. The molecule has 0 saturated heterocycles. The summed E-state index contributed by atoms with van der Waals surface area (Å²) in [5, 5.41) is 12.8. The van der Waals surface area contributed by atoms with E-state index in [1.54, 1.807) is 22.9 Å². The Morgan fingerprint density at radius 3 is 3.18 bits per heavy atom. The molecule has 0 aromatic heterocycles. The second-order valence-electron chi connectivity index (χ2n) is 2.01. The van der Waals surface area contributed by atoms with Gasteiger partial charge in [0.1, 0.15) is 0 Å². The lowest BCUT2D eigenvalue weighted by atomic mass is 10.6. The van der Waals surface area contributed by atoms with Gasteiger partial charge in [0.25, 0.3) is 0 Å². The molecule has 1 heterocycles. The monoisotopic (exact) mass is 174 g/mol. The van der Waals surface area contributed by atoms with E-state index in [0.29, 0.717) is 12.4 Å². The predicted molar refractivity (Wildman–Crippen MR) is 43.9 cm³/mol. The standard InChI is InChI=1S/C6H10N2O2S/c9-3-1-7-6(10)8-2-4-11-5-8/h2,4,9H,1,3,5H2,(H,7,10). The van der Waals surface area contributed by atoms with Crippen LogP contribution in [0.5, 0.6) is 0 Å². The molecule has 0 atom stereocenters. The number of aliphatic hydroxyl groups is 1. The van der Waals surface area contributed by atoms with Crippen LogP contribution in [0.2, 0.25) is 0 Å². The van der Waals surface area contributed by atoms with Crippen molar-refractivity contribution < 1.29 is 9.90 Å². The van der Waals surface area contributed by atoms with E-state index in [4.69, 9.17) is 5.11 Å². The molecule has 0 aliphatic carbocycles. The first-order valence-corrected chi connectivity index (χ1v) is 4.33. The number of carbonyl (C=O) groups is 1. The van der Waals surface area contributed by atoms with Crippen molar-refractivity contribution in [2.45, 2.75) is 0 Å². The summed E-state index contributed by atoms with van der Waals surface area (Å²) in [6.45, 7) is 0.296. The minimum absolute atomic E-state index is 0.0174. The first kappa shape index (κ1) is 8.42. The summed E-state index contributed by atoms with van der Waals surface area (Å²) in [6.07, 6.45) is 1.72. The molecule has 2 amide bonds. The molecular formula is C6H10N2O2S. The zero-order valence-electron chi connectivity index (χ0n) is 5.99. The Kier molecular flexibility index (Phi) is 3.25. The largest absolute Gasteiger partial charge is 0.395 e. The molecule has 1 rings (SSSR count). The lowest BCUT2D eigenvalue weighted by molar-refractivity contribution is 0.216. The van der Waals surface area contributed by atoms with E-state index in [9.17, 15) is 4.79 Å². The minimum Gasteiger partial charge on any atom is -0.395 e. The predicted octanol–water partition coefficient (Wildman–Crippen LogP) is 0.166. The molecule has 4 nitrogen and oxygen atoms in total. The highest BCUT2D eigenvalue weighted by molar-refractivity contribution is 8.02. The smallest absolute Gasteiger partial charge is 0.322 e. The summed E-state index contributed by atoms with van der Waals surface area (Å²) in [4.78, 5) is 12.6. The maximum atomic E-state index is 11.0. The van der Waals surface area contributed by atoms with Gasteiger partial charge >= 0.3 is 6.03 Å². The Labute approximate surface area is 69.3 Å². The van der Waals surface area contributed by atoms with E-state index >= 15 is 0 Å². The van der Waals surface area contributed by atoms with Gasteiger partial charge in [-0.05, 0) is 5.41 Å². The summed E-state index contributed by atoms with van der Waals surface area (Å²) in [5.74, 6) is 0.664. The molecule has 5 heteroatoms. The van der Waals surface area contributed by atoms with Crippen molar-refractivity contribution in [1.29, 1.82) is 0 Å². The summed E-state index contributed by atoms with van der Waals surface area (Å²) in [5.41, 5.74) is 0. The molecule has 2 N–H and O–H groups in total. The van der Waals surface area contributed by atoms with Gasteiger partial charge in [-0.1, -0.05) is 0 Å². The lowest BCUT2D eigenvalue weighted by Crippen LogP contribution is -2.36. The average molecular weight is 174 g/mol. The molecule has 62 valence electrons. The topological polar surface area (TPSA) is 52.6 Å². The molecule has 0 bridgehead atoms. The fraction of sp³-hybridized carbons (Fsp3) is 0.500. The van der Waals surface area contributed by atoms with Gasteiger partial charge < -0.3 is 10.4 Å². The molecule has 0 unspecified atom stereocenters. The van der Waals surface area contributed by atoms with Crippen LogP contribution in [-0.2, 0) is 0 Å². The molecule has 0 saturated carbocycles.